The van der Waals surface area contributed by atoms with Crippen LogP contribution in [0, 0.1) is 5.82 Å². The number of carboxylic acids is 1. The minimum absolute atomic E-state index is 0.0599. The molecule has 0 radical (unpaired) electrons. The van der Waals surface area contributed by atoms with Gasteiger partial charge in [-0.05, 0) is 37.3 Å². The maximum atomic E-state index is 13.9. The molecule has 100 valence electrons. The van der Waals surface area contributed by atoms with Crippen molar-refractivity contribution in [3.63, 3.8) is 0 Å². The molecule has 0 aliphatic carbocycles. The number of benzene rings is 1. The van der Waals surface area contributed by atoms with Crippen molar-refractivity contribution in [2.75, 3.05) is 11.4 Å². The van der Waals surface area contributed by atoms with E-state index in [0.717, 1.165) is 11.8 Å². The van der Waals surface area contributed by atoms with Crippen molar-refractivity contribution in [3.8, 4) is 0 Å². The van der Waals surface area contributed by atoms with Gasteiger partial charge in [0.25, 0.3) is 0 Å². The number of halogens is 1. The second-order valence-electron chi connectivity index (χ2n) is 4.06. The molecule has 2 rings (SSSR count). The van der Waals surface area contributed by atoms with Gasteiger partial charge in [-0.1, -0.05) is 0 Å². The van der Waals surface area contributed by atoms with Gasteiger partial charge in [0, 0.05) is 6.54 Å². The summed E-state index contributed by atoms with van der Waals surface area (Å²) in [6.45, 7) is 2.92. The van der Waals surface area contributed by atoms with Gasteiger partial charge in [0.15, 0.2) is 0 Å². The molecular formula is C14H14FNO3. The minimum Gasteiger partial charge on any atom is -0.478 e. The number of carboxylic acid groups (broad SMARTS) is 1. The zero-order valence-corrected chi connectivity index (χ0v) is 10.5. The molecular weight excluding hydrogens is 249 g/mol. The number of aromatic carboxylic acids is 1. The molecule has 2 aromatic rings. The third-order valence-electron chi connectivity index (χ3n) is 2.84. The lowest BCUT2D eigenvalue weighted by Crippen LogP contribution is -2.23. The van der Waals surface area contributed by atoms with E-state index in [1.54, 1.807) is 17.2 Å². The highest BCUT2D eigenvalue weighted by Crippen LogP contribution is 2.22. The topological polar surface area (TPSA) is 53.7 Å². The van der Waals surface area contributed by atoms with E-state index in [1.807, 2.05) is 13.0 Å². The summed E-state index contributed by atoms with van der Waals surface area (Å²) in [6.07, 6.45) is 1.56. The van der Waals surface area contributed by atoms with Crippen LogP contribution in [0.15, 0.2) is 41.0 Å². The summed E-state index contributed by atoms with van der Waals surface area (Å²) in [7, 11) is 0. The normalized spacial score (nSPS) is 10.4. The average molecular weight is 263 g/mol. The minimum atomic E-state index is -1.14. The predicted molar refractivity (Wildman–Crippen MR) is 68.8 cm³/mol. The van der Waals surface area contributed by atoms with Crippen molar-refractivity contribution < 1.29 is 18.7 Å². The molecule has 4 nitrogen and oxygen atoms in total. The number of anilines is 1. The Hall–Kier alpha value is -2.30. The van der Waals surface area contributed by atoms with Gasteiger partial charge in [0.1, 0.15) is 11.6 Å². The lowest BCUT2D eigenvalue weighted by Gasteiger charge is -2.22. The number of hydrogen-bond acceptors (Lipinski definition) is 3. The van der Waals surface area contributed by atoms with E-state index >= 15 is 0 Å². The molecule has 1 N–H and O–H groups in total. The Morgan fingerprint density at radius 2 is 2.21 bits per heavy atom. The van der Waals surface area contributed by atoms with Gasteiger partial charge in [-0.15, -0.1) is 0 Å². The van der Waals surface area contributed by atoms with Crippen LogP contribution in [0.5, 0.6) is 0 Å². The molecule has 0 bridgehead atoms. The number of hydrogen-bond donors (Lipinski definition) is 1. The summed E-state index contributed by atoms with van der Waals surface area (Å²) in [6, 6.07) is 7.48. The van der Waals surface area contributed by atoms with Crippen LogP contribution in [0.3, 0.4) is 0 Å². The molecule has 0 fully saturated rings. The maximum Gasteiger partial charge on any atom is 0.335 e. The predicted octanol–water partition coefficient (Wildman–Crippen LogP) is 3.14. The number of carbonyl (C=O) groups is 1. The van der Waals surface area contributed by atoms with Crippen LogP contribution in [0.2, 0.25) is 0 Å². The van der Waals surface area contributed by atoms with Crippen molar-refractivity contribution in [3.05, 3.63) is 53.7 Å². The summed E-state index contributed by atoms with van der Waals surface area (Å²) in [5.74, 6) is -0.962. The van der Waals surface area contributed by atoms with E-state index in [2.05, 4.69) is 0 Å². The highest BCUT2D eigenvalue weighted by atomic mass is 19.1. The largest absolute Gasteiger partial charge is 0.478 e. The van der Waals surface area contributed by atoms with Gasteiger partial charge < -0.3 is 14.4 Å². The molecule has 5 heteroatoms. The molecule has 1 aromatic carbocycles. The highest BCUT2D eigenvalue weighted by molar-refractivity contribution is 5.88. The molecule has 1 heterocycles. The molecule has 0 unspecified atom stereocenters. The fourth-order valence-electron chi connectivity index (χ4n) is 1.85. The smallest absolute Gasteiger partial charge is 0.335 e. The van der Waals surface area contributed by atoms with Crippen molar-refractivity contribution in [1.29, 1.82) is 0 Å². The van der Waals surface area contributed by atoms with Crippen molar-refractivity contribution in [1.82, 2.24) is 0 Å². The van der Waals surface area contributed by atoms with E-state index in [9.17, 15) is 9.18 Å². The van der Waals surface area contributed by atoms with E-state index in [4.69, 9.17) is 9.52 Å². The molecule has 0 amide bonds. The first kappa shape index (κ1) is 13.1. The summed E-state index contributed by atoms with van der Waals surface area (Å²) < 4.78 is 19.2. The Labute approximate surface area is 110 Å². The first-order valence-corrected chi connectivity index (χ1v) is 5.92. The zero-order chi connectivity index (χ0) is 13.8. The molecule has 0 aliphatic heterocycles. The standard InChI is InChI=1S/C14H14FNO3/c1-2-16(9-11-4-3-7-19-11)13-6-5-10(14(17)18)8-12(13)15/h3-8H,2,9H2,1H3,(H,17,18). The van der Waals surface area contributed by atoms with E-state index in [0.29, 0.717) is 18.8 Å². The lowest BCUT2D eigenvalue weighted by atomic mass is 10.2. The summed E-state index contributed by atoms with van der Waals surface area (Å²) >= 11 is 0. The SMILES string of the molecule is CCN(Cc1ccco1)c1ccc(C(=O)O)cc1F. The highest BCUT2D eigenvalue weighted by Gasteiger charge is 2.14. The molecule has 19 heavy (non-hydrogen) atoms. The zero-order valence-electron chi connectivity index (χ0n) is 10.5. The second kappa shape index (κ2) is 5.56. The van der Waals surface area contributed by atoms with Gasteiger partial charge in [-0.25, -0.2) is 9.18 Å². The quantitative estimate of drug-likeness (QED) is 0.900. The first-order valence-electron chi connectivity index (χ1n) is 5.92. The fourth-order valence-corrected chi connectivity index (χ4v) is 1.85. The van der Waals surface area contributed by atoms with Crippen LogP contribution in [0.4, 0.5) is 10.1 Å². The van der Waals surface area contributed by atoms with Crippen molar-refractivity contribution >= 4 is 11.7 Å². The van der Waals surface area contributed by atoms with E-state index in [-0.39, 0.29) is 5.56 Å². The monoisotopic (exact) mass is 263 g/mol. The molecule has 0 spiro atoms. The van der Waals surface area contributed by atoms with Crippen LogP contribution >= 0.6 is 0 Å². The van der Waals surface area contributed by atoms with Crippen molar-refractivity contribution in [2.45, 2.75) is 13.5 Å². The Morgan fingerprint density at radius 3 is 2.74 bits per heavy atom. The Balaban J connectivity index is 2.25. The second-order valence-corrected chi connectivity index (χ2v) is 4.06. The lowest BCUT2D eigenvalue weighted by molar-refractivity contribution is 0.0696. The first-order chi connectivity index (χ1) is 9.11. The van der Waals surface area contributed by atoms with Gasteiger partial charge >= 0.3 is 5.97 Å². The molecule has 0 atom stereocenters. The number of rotatable bonds is 5. The fraction of sp³-hybridized carbons (Fsp3) is 0.214. The molecule has 0 saturated carbocycles. The van der Waals surface area contributed by atoms with Gasteiger partial charge in [0.2, 0.25) is 0 Å². The van der Waals surface area contributed by atoms with Gasteiger partial charge in [-0.2, -0.15) is 0 Å². The molecule has 0 aliphatic rings. The van der Waals surface area contributed by atoms with Gasteiger partial charge in [-0.3, -0.25) is 0 Å². The van der Waals surface area contributed by atoms with E-state index in [1.165, 1.54) is 12.1 Å². The summed E-state index contributed by atoms with van der Waals surface area (Å²) in [4.78, 5) is 12.5. The van der Waals surface area contributed by atoms with Crippen LogP contribution in [0.1, 0.15) is 23.0 Å². The Bertz CT molecular complexity index is 566. The van der Waals surface area contributed by atoms with Crippen LogP contribution in [-0.4, -0.2) is 17.6 Å². The van der Waals surface area contributed by atoms with Gasteiger partial charge in [0.05, 0.1) is 24.1 Å². The number of furan rings is 1. The van der Waals surface area contributed by atoms with Crippen LogP contribution in [-0.2, 0) is 6.54 Å². The Morgan fingerprint density at radius 1 is 1.42 bits per heavy atom. The average Bonchev–Trinajstić information content (AvgIpc) is 2.89. The summed E-state index contributed by atoms with van der Waals surface area (Å²) in [5.41, 5.74) is 0.305. The van der Waals surface area contributed by atoms with Crippen LogP contribution in [0.25, 0.3) is 0 Å². The number of nitrogens with zero attached hydrogens (tertiary/aromatic N) is 1. The third-order valence-corrected chi connectivity index (χ3v) is 2.84. The summed E-state index contributed by atoms with van der Waals surface area (Å²) in [5, 5.41) is 8.81. The molecule has 1 aromatic heterocycles. The van der Waals surface area contributed by atoms with Crippen molar-refractivity contribution in [2.24, 2.45) is 0 Å². The third kappa shape index (κ3) is 2.93. The Kier molecular flexibility index (Phi) is 3.85. The van der Waals surface area contributed by atoms with E-state index < -0.39 is 11.8 Å². The maximum absolute atomic E-state index is 13.9. The van der Waals surface area contributed by atoms with Crippen LogP contribution < -0.4 is 4.90 Å². The molecule has 0 saturated heterocycles.